The summed E-state index contributed by atoms with van der Waals surface area (Å²) in [4.78, 5) is 4.12. The number of nitrogens with zero attached hydrogens (tertiary/aromatic N) is 2. The molecule has 2 heteroatoms. The number of rotatable bonds is 5. The van der Waals surface area contributed by atoms with E-state index in [-0.39, 0.29) is 5.54 Å². The van der Waals surface area contributed by atoms with Crippen LogP contribution in [0.1, 0.15) is 46.5 Å². The van der Waals surface area contributed by atoms with Gasteiger partial charge in [0.15, 0.2) is 0 Å². The van der Waals surface area contributed by atoms with Crippen molar-refractivity contribution in [2.24, 2.45) is 0 Å². The van der Waals surface area contributed by atoms with Crippen molar-refractivity contribution in [1.29, 1.82) is 0 Å². The van der Waals surface area contributed by atoms with Crippen molar-refractivity contribution in [1.82, 2.24) is 9.55 Å². The Balaban J connectivity index is 2.78. The summed E-state index contributed by atoms with van der Waals surface area (Å²) in [6, 6.07) is 0. The normalized spacial score (nSPS) is 11.9. The molecule has 0 radical (unpaired) electrons. The van der Waals surface area contributed by atoms with E-state index in [2.05, 4.69) is 36.5 Å². The highest BCUT2D eigenvalue weighted by molar-refractivity contribution is 4.88. The minimum absolute atomic E-state index is 0.278. The van der Waals surface area contributed by atoms with E-state index in [1.165, 1.54) is 25.7 Å². The lowest BCUT2D eigenvalue weighted by molar-refractivity contribution is 0.264. The molecule has 0 aromatic carbocycles. The maximum absolute atomic E-state index is 4.12. The molecule has 0 spiro atoms. The Morgan fingerprint density at radius 3 is 2.23 bits per heavy atom. The topological polar surface area (TPSA) is 17.8 Å². The average molecular weight is 180 g/mol. The van der Waals surface area contributed by atoms with Crippen molar-refractivity contribution in [3.63, 3.8) is 0 Å². The second kappa shape index (κ2) is 4.45. The van der Waals surface area contributed by atoms with Crippen molar-refractivity contribution in [3.8, 4) is 0 Å². The van der Waals surface area contributed by atoms with E-state index < -0.39 is 0 Å². The molecule has 1 rings (SSSR count). The monoisotopic (exact) mass is 180 g/mol. The van der Waals surface area contributed by atoms with Crippen molar-refractivity contribution in [2.45, 2.75) is 52.0 Å². The van der Waals surface area contributed by atoms with Crippen LogP contribution in [0.2, 0.25) is 0 Å². The van der Waals surface area contributed by atoms with Gasteiger partial charge in [0.2, 0.25) is 0 Å². The van der Waals surface area contributed by atoms with Crippen LogP contribution >= 0.6 is 0 Å². The molecule has 0 unspecified atom stereocenters. The number of hydrogen-bond acceptors (Lipinski definition) is 1. The predicted octanol–water partition coefficient (Wildman–Crippen LogP) is 3.20. The molecule has 1 heterocycles. The van der Waals surface area contributed by atoms with Crippen LogP contribution in [0.4, 0.5) is 0 Å². The lowest BCUT2D eigenvalue weighted by Crippen LogP contribution is -2.28. The summed E-state index contributed by atoms with van der Waals surface area (Å²) in [5.74, 6) is 0. The zero-order chi connectivity index (χ0) is 9.73. The summed E-state index contributed by atoms with van der Waals surface area (Å²) in [6.45, 7) is 6.80. The highest BCUT2D eigenvalue weighted by atomic mass is 15.1. The van der Waals surface area contributed by atoms with E-state index in [4.69, 9.17) is 0 Å². The summed E-state index contributed by atoms with van der Waals surface area (Å²) in [5.41, 5.74) is 0.278. The maximum atomic E-state index is 4.12. The molecule has 0 N–H and O–H groups in total. The van der Waals surface area contributed by atoms with Gasteiger partial charge in [-0.2, -0.15) is 0 Å². The molecule has 1 aromatic heterocycles. The van der Waals surface area contributed by atoms with Crippen LogP contribution in [0.15, 0.2) is 18.7 Å². The van der Waals surface area contributed by atoms with Gasteiger partial charge < -0.3 is 4.57 Å². The van der Waals surface area contributed by atoms with Gasteiger partial charge in [0.25, 0.3) is 0 Å². The first-order valence-corrected chi connectivity index (χ1v) is 5.21. The molecule has 2 nitrogen and oxygen atoms in total. The van der Waals surface area contributed by atoms with Gasteiger partial charge >= 0.3 is 0 Å². The lowest BCUT2D eigenvalue weighted by Gasteiger charge is -2.30. The van der Waals surface area contributed by atoms with E-state index in [0.29, 0.717) is 0 Å². The third-order valence-corrected chi connectivity index (χ3v) is 2.70. The van der Waals surface area contributed by atoms with Gasteiger partial charge in [0, 0.05) is 17.9 Å². The third-order valence-electron chi connectivity index (χ3n) is 2.70. The Kier molecular flexibility index (Phi) is 3.52. The van der Waals surface area contributed by atoms with Crippen LogP contribution in [0.25, 0.3) is 0 Å². The summed E-state index contributed by atoms with van der Waals surface area (Å²) in [7, 11) is 0. The Hall–Kier alpha value is -0.790. The summed E-state index contributed by atoms with van der Waals surface area (Å²) in [6.07, 6.45) is 10.8. The first kappa shape index (κ1) is 10.3. The molecule has 74 valence electrons. The minimum Gasteiger partial charge on any atom is -0.332 e. The molecule has 0 amide bonds. The van der Waals surface area contributed by atoms with Gasteiger partial charge in [-0.3, -0.25) is 0 Å². The second-order valence-electron chi connectivity index (χ2n) is 3.97. The SMILES string of the molecule is CCCC(C)(CCC)n1ccnc1. The lowest BCUT2D eigenvalue weighted by atomic mass is 9.91. The summed E-state index contributed by atoms with van der Waals surface area (Å²) < 4.78 is 2.25. The Labute approximate surface area is 81.0 Å². The number of hydrogen-bond donors (Lipinski definition) is 0. The van der Waals surface area contributed by atoms with Crippen LogP contribution in [-0.4, -0.2) is 9.55 Å². The van der Waals surface area contributed by atoms with Gasteiger partial charge in [0.1, 0.15) is 0 Å². The molecule has 13 heavy (non-hydrogen) atoms. The van der Waals surface area contributed by atoms with Crippen molar-refractivity contribution < 1.29 is 0 Å². The fourth-order valence-corrected chi connectivity index (χ4v) is 2.04. The Bertz CT molecular complexity index is 220. The zero-order valence-corrected chi connectivity index (χ0v) is 8.95. The zero-order valence-electron chi connectivity index (χ0n) is 8.95. The third kappa shape index (κ3) is 2.33. The van der Waals surface area contributed by atoms with Crippen molar-refractivity contribution in [3.05, 3.63) is 18.7 Å². The molecule has 0 saturated carbocycles. The molecule has 0 bridgehead atoms. The first-order chi connectivity index (χ1) is 6.23. The molecular formula is C11H20N2. The van der Waals surface area contributed by atoms with Gasteiger partial charge in [0.05, 0.1) is 6.33 Å². The van der Waals surface area contributed by atoms with Gasteiger partial charge in [-0.1, -0.05) is 26.7 Å². The van der Waals surface area contributed by atoms with E-state index in [0.717, 1.165) is 0 Å². The van der Waals surface area contributed by atoms with Crippen LogP contribution in [0, 0.1) is 0 Å². The second-order valence-corrected chi connectivity index (χ2v) is 3.97. The predicted molar refractivity (Wildman–Crippen MR) is 55.7 cm³/mol. The maximum Gasteiger partial charge on any atom is 0.0951 e. The Morgan fingerprint density at radius 1 is 1.23 bits per heavy atom. The fraction of sp³-hybridized carbons (Fsp3) is 0.727. The van der Waals surface area contributed by atoms with Gasteiger partial charge in [-0.15, -0.1) is 0 Å². The summed E-state index contributed by atoms with van der Waals surface area (Å²) >= 11 is 0. The highest BCUT2D eigenvalue weighted by Gasteiger charge is 2.23. The molecule has 0 saturated heterocycles. The average Bonchev–Trinajstić information content (AvgIpc) is 2.57. The fourth-order valence-electron chi connectivity index (χ4n) is 2.04. The molecule has 0 aliphatic rings. The highest BCUT2D eigenvalue weighted by Crippen LogP contribution is 2.27. The van der Waals surface area contributed by atoms with Crippen LogP contribution in [0.3, 0.4) is 0 Å². The van der Waals surface area contributed by atoms with Crippen molar-refractivity contribution >= 4 is 0 Å². The van der Waals surface area contributed by atoms with Crippen molar-refractivity contribution in [2.75, 3.05) is 0 Å². The molecule has 0 aliphatic heterocycles. The number of imidazole rings is 1. The van der Waals surface area contributed by atoms with E-state index >= 15 is 0 Å². The summed E-state index contributed by atoms with van der Waals surface area (Å²) in [5, 5.41) is 0. The Morgan fingerprint density at radius 2 is 1.85 bits per heavy atom. The molecule has 1 aromatic rings. The molecular weight excluding hydrogens is 160 g/mol. The molecule has 0 fully saturated rings. The standard InChI is InChI=1S/C11H20N2/c1-4-6-11(3,7-5-2)13-9-8-12-10-13/h8-10H,4-7H2,1-3H3. The number of aromatic nitrogens is 2. The van der Waals surface area contributed by atoms with E-state index in [1.807, 2.05) is 12.5 Å². The first-order valence-electron chi connectivity index (χ1n) is 5.21. The quantitative estimate of drug-likeness (QED) is 0.680. The van der Waals surface area contributed by atoms with Crippen LogP contribution in [0.5, 0.6) is 0 Å². The minimum atomic E-state index is 0.278. The molecule has 0 atom stereocenters. The smallest absolute Gasteiger partial charge is 0.0951 e. The van der Waals surface area contributed by atoms with E-state index in [9.17, 15) is 0 Å². The van der Waals surface area contributed by atoms with Gasteiger partial charge in [-0.25, -0.2) is 4.98 Å². The van der Waals surface area contributed by atoms with Gasteiger partial charge in [-0.05, 0) is 19.8 Å². The van der Waals surface area contributed by atoms with E-state index in [1.54, 1.807) is 0 Å². The molecule has 0 aliphatic carbocycles. The van der Waals surface area contributed by atoms with Crippen LogP contribution in [-0.2, 0) is 5.54 Å². The van der Waals surface area contributed by atoms with Crippen LogP contribution < -0.4 is 0 Å². The largest absolute Gasteiger partial charge is 0.332 e.